The summed E-state index contributed by atoms with van der Waals surface area (Å²) in [5.41, 5.74) is 0.452. The molecule has 1 aliphatic rings. The standard InChI is InChI=1S/C13H18BrNOS/c1-13(2)7-5-9(6-8-13)15-12(16)10-3-4-11(14)17-10/h3-4,9H,5-8H2,1-2H3,(H,15,16). The van der Waals surface area contributed by atoms with Crippen molar-refractivity contribution in [1.29, 1.82) is 0 Å². The van der Waals surface area contributed by atoms with Gasteiger partial charge in [0.2, 0.25) is 0 Å². The van der Waals surface area contributed by atoms with Crippen molar-refractivity contribution in [2.24, 2.45) is 5.41 Å². The maximum atomic E-state index is 12.0. The average Bonchev–Trinajstić information content (AvgIpc) is 2.68. The van der Waals surface area contributed by atoms with Gasteiger partial charge in [-0.1, -0.05) is 13.8 Å². The predicted octanol–water partition coefficient (Wildman–Crippen LogP) is 4.21. The molecule has 0 spiro atoms. The summed E-state index contributed by atoms with van der Waals surface area (Å²) in [6.07, 6.45) is 4.61. The molecule has 17 heavy (non-hydrogen) atoms. The van der Waals surface area contributed by atoms with Crippen LogP contribution in [-0.2, 0) is 0 Å². The van der Waals surface area contributed by atoms with Crippen molar-refractivity contribution < 1.29 is 4.79 Å². The largest absolute Gasteiger partial charge is 0.349 e. The molecule has 0 saturated heterocycles. The lowest BCUT2D eigenvalue weighted by Gasteiger charge is -2.34. The fraction of sp³-hybridized carbons (Fsp3) is 0.615. The molecule has 1 saturated carbocycles. The van der Waals surface area contributed by atoms with Crippen molar-refractivity contribution in [2.45, 2.75) is 45.6 Å². The summed E-state index contributed by atoms with van der Waals surface area (Å²) >= 11 is 4.87. The van der Waals surface area contributed by atoms with Gasteiger partial charge in [0.1, 0.15) is 0 Å². The van der Waals surface area contributed by atoms with E-state index in [1.165, 1.54) is 24.2 Å². The smallest absolute Gasteiger partial charge is 0.261 e. The normalized spacial score (nSPS) is 20.2. The van der Waals surface area contributed by atoms with Crippen LogP contribution in [0.1, 0.15) is 49.2 Å². The van der Waals surface area contributed by atoms with Crippen molar-refractivity contribution in [2.75, 3.05) is 0 Å². The van der Waals surface area contributed by atoms with Gasteiger partial charge in [-0.25, -0.2) is 0 Å². The minimum absolute atomic E-state index is 0.0745. The molecule has 0 aromatic carbocycles. The zero-order chi connectivity index (χ0) is 12.5. The van der Waals surface area contributed by atoms with E-state index in [-0.39, 0.29) is 5.91 Å². The van der Waals surface area contributed by atoms with E-state index in [1.54, 1.807) is 0 Å². The number of halogens is 1. The summed E-state index contributed by atoms with van der Waals surface area (Å²) < 4.78 is 1.01. The Morgan fingerprint density at radius 1 is 1.41 bits per heavy atom. The SMILES string of the molecule is CC1(C)CCC(NC(=O)c2ccc(Br)s2)CC1. The Labute approximate surface area is 115 Å². The minimum Gasteiger partial charge on any atom is -0.349 e. The van der Waals surface area contributed by atoms with Crippen LogP contribution >= 0.6 is 27.3 Å². The molecule has 1 heterocycles. The molecule has 1 aromatic rings. The Morgan fingerprint density at radius 2 is 2.06 bits per heavy atom. The molecule has 1 aromatic heterocycles. The van der Waals surface area contributed by atoms with Crippen LogP contribution in [0.15, 0.2) is 15.9 Å². The van der Waals surface area contributed by atoms with Crippen LogP contribution in [0.2, 0.25) is 0 Å². The highest BCUT2D eigenvalue weighted by Gasteiger charge is 2.27. The zero-order valence-corrected chi connectivity index (χ0v) is 12.7. The van der Waals surface area contributed by atoms with Crippen molar-refractivity contribution in [3.05, 3.63) is 20.8 Å². The van der Waals surface area contributed by atoms with E-state index in [2.05, 4.69) is 35.1 Å². The summed E-state index contributed by atoms with van der Waals surface area (Å²) in [7, 11) is 0. The van der Waals surface area contributed by atoms with Gasteiger partial charge in [0, 0.05) is 6.04 Å². The van der Waals surface area contributed by atoms with Crippen molar-refractivity contribution in [3.8, 4) is 0 Å². The van der Waals surface area contributed by atoms with Gasteiger partial charge < -0.3 is 5.32 Å². The summed E-state index contributed by atoms with van der Waals surface area (Å²) in [6, 6.07) is 4.15. The molecule has 1 N–H and O–H groups in total. The molecule has 0 atom stereocenters. The van der Waals surface area contributed by atoms with Crippen molar-refractivity contribution in [3.63, 3.8) is 0 Å². The van der Waals surface area contributed by atoms with Gasteiger partial charge in [-0.15, -0.1) is 11.3 Å². The topological polar surface area (TPSA) is 29.1 Å². The molecule has 2 rings (SSSR count). The van der Waals surface area contributed by atoms with Gasteiger partial charge in [0.25, 0.3) is 5.91 Å². The van der Waals surface area contributed by atoms with Crippen LogP contribution in [0, 0.1) is 5.41 Å². The lowest BCUT2D eigenvalue weighted by molar-refractivity contribution is 0.0913. The quantitative estimate of drug-likeness (QED) is 0.870. The van der Waals surface area contributed by atoms with Crippen LogP contribution in [0.25, 0.3) is 0 Å². The Bertz CT molecular complexity index is 403. The van der Waals surface area contributed by atoms with E-state index in [0.29, 0.717) is 11.5 Å². The lowest BCUT2D eigenvalue weighted by Crippen LogP contribution is -2.38. The molecule has 0 radical (unpaired) electrons. The second kappa shape index (κ2) is 5.11. The maximum Gasteiger partial charge on any atom is 0.261 e. The first-order valence-corrected chi connectivity index (χ1v) is 7.63. The highest BCUT2D eigenvalue weighted by Crippen LogP contribution is 2.35. The van der Waals surface area contributed by atoms with Crippen LogP contribution < -0.4 is 5.32 Å². The highest BCUT2D eigenvalue weighted by molar-refractivity contribution is 9.11. The van der Waals surface area contributed by atoms with E-state index < -0.39 is 0 Å². The van der Waals surface area contributed by atoms with Crippen LogP contribution in [0.4, 0.5) is 0 Å². The third-order valence-electron chi connectivity index (χ3n) is 3.47. The molecule has 0 bridgehead atoms. The predicted molar refractivity (Wildman–Crippen MR) is 75.5 cm³/mol. The molecule has 0 aliphatic heterocycles. The van der Waals surface area contributed by atoms with Crippen LogP contribution in [0.5, 0.6) is 0 Å². The Kier molecular flexibility index (Phi) is 3.93. The molecule has 4 heteroatoms. The van der Waals surface area contributed by atoms with E-state index in [0.717, 1.165) is 21.5 Å². The summed E-state index contributed by atoms with van der Waals surface area (Å²) in [6.45, 7) is 4.61. The van der Waals surface area contributed by atoms with E-state index in [4.69, 9.17) is 0 Å². The van der Waals surface area contributed by atoms with Gasteiger partial charge in [-0.05, 0) is 59.2 Å². The number of nitrogens with one attached hydrogen (secondary N) is 1. The third-order valence-corrected chi connectivity index (χ3v) is 5.09. The van der Waals surface area contributed by atoms with Gasteiger partial charge in [0.05, 0.1) is 8.66 Å². The zero-order valence-electron chi connectivity index (χ0n) is 10.3. The molecule has 1 fully saturated rings. The van der Waals surface area contributed by atoms with E-state index >= 15 is 0 Å². The number of hydrogen-bond donors (Lipinski definition) is 1. The van der Waals surface area contributed by atoms with Crippen molar-refractivity contribution >= 4 is 33.2 Å². The molecular formula is C13H18BrNOS. The summed E-state index contributed by atoms with van der Waals surface area (Å²) in [5, 5.41) is 3.14. The Hall–Kier alpha value is -0.350. The first kappa shape index (κ1) is 13.1. The van der Waals surface area contributed by atoms with Gasteiger partial charge in [0.15, 0.2) is 0 Å². The number of rotatable bonds is 2. The lowest BCUT2D eigenvalue weighted by atomic mass is 9.75. The molecule has 1 aliphatic carbocycles. The van der Waals surface area contributed by atoms with E-state index in [9.17, 15) is 4.79 Å². The Balaban J connectivity index is 1.88. The maximum absolute atomic E-state index is 12.0. The number of amides is 1. The third kappa shape index (κ3) is 3.55. The monoisotopic (exact) mass is 315 g/mol. The van der Waals surface area contributed by atoms with Gasteiger partial charge in [-0.3, -0.25) is 4.79 Å². The summed E-state index contributed by atoms with van der Waals surface area (Å²) in [4.78, 5) is 12.8. The fourth-order valence-corrected chi connectivity index (χ4v) is 3.53. The molecular weight excluding hydrogens is 298 g/mol. The molecule has 2 nitrogen and oxygen atoms in total. The average molecular weight is 316 g/mol. The van der Waals surface area contributed by atoms with Crippen molar-refractivity contribution in [1.82, 2.24) is 5.32 Å². The van der Waals surface area contributed by atoms with Crippen LogP contribution in [-0.4, -0.2) is 11.9 Å². The second-order valence-corrected chi connectivity index (χ2v) is 7.98. The first-order chi connectivity index (χ1) is 7.96. The fourth-order valence-electron chi connectivity index (χ4n) is 2.24. The van der Waals surface area contributed by atoms with Gasteiger partial charge in [-0.2, -0.15) is 0 Å². The Morgan fingerprint density at radius 3 is 2.59 bits per heavy atom. The molecule has 1 amide bonds. The second-order valence-electron chi connectivity index (χ2n) is 5.52. The number of thiophene rings is 1. The number of carbonyl (C=O) groups is 1. The van der Waals surface area contributed by atoms with Gasteiger partial charge >= 0.3 is 0 Å². The molecule has 94 valence electrons. The van der Waals surface area contributed by atoms with E-state index in [1.807, 2.05) is 12.1 Å². The van der Waals surface area contributed by atoms with Crippen LogP contribution in [0.3, 0.4) is 0 Å². The highest BCUT2D eigenvalue weighted by atomic mass is 79.9. The molecule has 0 unspecified atom stereocenters. The summed E-state index contributed by atoms with van der Waals surface area (Å²) in [5.74, 6) is 0.0745. The minimum atomic E-state index is 0.0745. The first-order valence-electron chi connectivity index (χ1n) is 6.02. The number of hydrogen-bond acceptors (Lipinski definition) is 2. The number of carbonyl (C=O) groups excluding carboxylic acids is 1.